The highest BCUT2D eigenvalue weighted by Gasteiger charge is 2.36. The zero-order valence-corrected chi connectivity index (χ0v) is 12.1. The SMILES string of the molecule is CCOC(=O)Nc1ccc(NC(=O)C2(N)CCCC2)cc1. The van der Waals surface area contributed by atoms with Crippen LogP contribution in [0.2, 0.25) is 0 Å². The highest BCUT2D eigenvalue weighted by atomic mass is 16.5. The van der Waals surface area contributed by atoms with Crippen LogP contribution in [0.4, 0.5) is 16.2 Å². The standard InChI is InChI=1S/C15H21N3O3/c1-2-21-14(20)18-12-7-5-11(6-8-12)17-13(19)15(16)9-3-4-10-15/h5-8H,2-4,9-10,16H2,1H3,(H,17,19)(H,18,20). The first-order valence-corrected chi connectivity index (χ1v) is 7.18. The van der Waals surface area contributed by atoms with Gasteiger partial charge in [-0.1, -0.05) is 12.8 Å². The molecule has 1 saturated carbocycles. The number of anilines is 2. The summed E-state index contributed by atoms with van der Waals surface area (Å²) in [4.78, 5) is 23.4. The summed E-state index contributed by atoms with van der Waals surface area (Å²) in [5.41, 5.74) is 6.61. The van der Waals surface area contributed by atoms with Crippen molar-refractivity contribution in [2.45, 2.75) is 38.1 Å². The summed E-state index contributed by atoms with van der Waals surface area (Å²) < 4.78 is 4.79. The molecular weight excluding hydrogens is 270 g/mol. The Bertz CT molecular complexity index is 507. The molecule has 0 aromatic heterocycles. The van der Waals surface area contributed by atoms with Crippen molar-refractivity contribution in [1.82, 2.24) is 0 Å². The number of hydrogen-bond donors (Lipinski definition) is 3. The summed E-state index contributed by atoms with van der Waals surface area (Å²) in [7, 11) is 0. The number of carbonyl (C=O) groups excluding carboxylic acids is 2. The zero-order valence-electron chi connectivity index (χ0n) is 12.1. The highest BCUT2D eigenvalue weighted by Crippen LogP contribution is 2.28. The molecule has 0 bridgehead atoms. The van der Waals surface area contributed by atoms with Crippen molar-refractivity contribution in [2.24, 2.45) is 5.73 Å². The minimum absolute atomic E-state index is 0.147. The Kier molecular flexibility index (Phi) is 4.80. The second-order valence-corrected chi connectivity index (χ2v) is 5.24. The second-order valence-electron chi connectivity index (χ2n) is 5.24. The van der Waals surface area contributed by atoms with Crippen molar-refractivity contribution in [1.29, 1.82) is 0 Å². The first kappa shape index (κ1) is 15.3. The van der Waals surface area contributed by atoms with E-state index in [0.717, 1.165) is 25.7 Å². The van der Waals surface area contributed by atoms with Crippen molar-refractivity contribution >= 4 is 23.4 Å². The molecule has 0 spiro atoms. The van der Waals surface area contributed by atoms with Crippen LogP contribution in [0, 0.1) is 0 Å². The van der Waals surface area contributed by atoms with Gasteiger partial charge in [0.05, 0.1) is 12.1 Å². The summed E-state index contributed by atoms with van der Waals surface area (Å²) in [6.07, 6.45) is 2.93. The maximum absolute atomic E-state index is 12.2. The summed E-state index contributed by atoms with van der Waals surface area (Å²) in [5.74, 6) is -0.147. The van der Waals surface area contributed by atoms with E-state index in [-0.39, 0.29) is 5.91 Å². The highest BCUT2D eigenvalue weighted by molar-refractivity contribution is 5.98. The molecule has 21 heavy (non-hydrogen) atoms. The van der Waals surface area contributed by atoms with Crippen LogP contribution >= 0.6 is 0 Å². The zero-order chi connectivity index (χ0) is 15.3. The lowest BCUT2D eigenvalue weighted by molar-refractivity contribution is -0.121. The molecule has 1 aliphatic carbocycles. The van der Waals surface area contributed by atoms with Crippen LogP contribution in [0.1, 0.15) is 32.6 Å². The van der Waals surface area contributed by atoms with E-state index in [9.17, 15) is 9.59 Å². The van der Waals surface area contributed by atoms with Crippen molar-refractivity contribution in [3.05, 3.63) is 24.3 Å². The van der Waals surface area contributed by atoms with E-state index >= 15 is 0 Å². The van der Waals surface area contributed by atoms with Gasteiger partial charge in [0, 0.05) is 11.4 Å². The third-order valence-corrected chi connectivity index (χ3v) is 3.61. The molecule has 1 aromatic rings. The molecule has 0 heterocycles. The third-order valence-electron chi connectivity index (χ3n) is 3.61. The second kappa shape index (κ2) is 6.58. The monoisotopic (exact) mass is 291 g/mol. The first-order valence-electron chi connectivity index (χ1n) is 7.18. The van der Waals surface area contributed by atoms with Crippen LogP contribution in [-0.2, 0) is 9.53 Å². The van der Waals surface area contributed by atoms with Gasteiger partial charge < -0.3 is 15.8 Å². The predicted molar refractivity (Wildman–Crippen MR) is 81.1 cm³/mol. The van der Waals surface area contributed by atoms with Gasteiger partial charge in [-0.15, -0.1) is 0 Å². The normalized spacial score (nSPS) is 16.3. The fourth-order valence-electron chi connectivity index (χ4n) is 2.41. The molecule has 6 heteroatoms. The fraction of sp³-hybridized carbons (Fsp3) is 0.467. The Morgan fingerprint density at radius 3 is 2.19 bits per heavy atom. The van der Waals surface area contributed by atoms with Crippen LogP contribution in [0.15, 0.2) is 24.3 Å². The van der Waals surface area contributed by atoms with Gasteiger partial charge in [0.25, 0.3) is 0 Å². The topological polar surface area (TPSA) is 93.5 Å². The molecule has 6 nitrogen and oxygen atoms in total. The maximum atomic E-state index is 12.2. The van der Waals surface area contributed by atoms with Gasteiger partial charge in [-0.2, -0.15) is 0 Å². The van der Waals surface area contributed by atoms with Crippen molar-refractivity contribution in [3.63, 3.8) is 0 Å². The number of benzene rings is 1. The largest absolute Gasteiger partial charge is 0.450 e. The number of amides is 2. The summed E-state index contributed by atoms with van der Waals surface area (Å²) in [5, 5.41) is 5.41. The molecule has 114 valence electrons. The molecule has 0 unspecified atom stereocenters. The van der Waals surface area contributed by atoms with Gasteiger partial charge in [0.15, 0.2) is 0 Å². The smallest absolute Gasteiger partial charge is 0.411 e. The van der Waals surface area contributed by atoms with Gasteiger partial charge in [-0.3, -0.25) is 10.1 Å². The van der Waals surface area contributed by atoms with E-state index in [4.69, 9.17) is 10.5 Å². The van der Waals surface area contributed by atoms with Crippen molar-refractivity contribution in [3.8, 4) is 0 Å². The average Bonchev–Trinajstić information content (AvgIpc) is 2.89. The minimum Gasteiger partial charge on any atom is -0.450 e. The lowest BCUT2D eigenvalue weighted by Crippen LogP contribution is -2.48. The summed E-state index contributed by atoms with van der Waals surface area (Å²) >= 11 is 0. The number of hydrogen-bond acceptors (Lipinski definition) is 4. The Labute approximate surface area is 124 Å². The van der Waals surface area contributed by atoms with Crippen LogP contribution < -0.4 is 16.4 Å². The molecule has 1 fully saturated rings. The van der Waals surface area contributed by atoms with Crippen LogP contribution in [0.5, 0.6) is 0 Å². The van der Waals surface area contributed by atoms with Crippen LogP contribution in [-0.4, -0.2) is 24.1 Å². The van der Waals surface area contributed by atoms with E-state index in [1.165, 1.54) is 0 Å². The molecule has 1 aromatic carbocycles. The van der Waals surface area contributed by atoms with Gasteiger partial charge >= 0.3 is 6.09 Å². The van der Waals surface area contributed by atoms with Gasteiger partial charge in [-0.25, -0.2) is 4.79 Å². The molecule has 1 aliphatic rings. The third kappa shape index (κ3) is 3.95. The van der Waals surface area contributed by atoms with Crippen LogP contribution in [0.3, 0.4) is 0 Å². The van der Waals surface area contributed by atoms with Crippen LogP contribution in [0.25, 0.3) is 0 Å². The van der Waals surface area contributed by atoms with Gasteiger partial charge in [-0.05, 0) is 44.0 Å². The Morgan fingerprint density at radius 1 is 1.14 bits per heavy atom. The molecular formula is C15H21N3O3. The number of rotatable bonds is 4. The predicted octanol–water partition coefficient (Wildman–Crippen LogP) is 2.46. The molecule has 0 aliphatic heterocycles. The molecule has 4 N–H and O–H groups in total. The van der Waals surface area contributed by atoms with E-state index in [2.05, 4.69) is 10.6 Å². The number of nitrogens with one attached hydrogen (secondary N) is 2. The Hall–Kier alpha value is -2.08. The Balaban J connectivity index is 1.93. The van der Waals surface area contributed by atoms with E-state index in [0.29, 0.717) is 18.0 Å². The number of carbonyl (C=O) groups is 2. The van der Waals surface area contributed by atoms with Crippen molar-refractivity contribution < 1.29 is 14.3 Å². The summed E-state index contributed by atoms with van der Waals surface area (Å²) in [6.45, 7) is 2.06. The fourth-order valence-corrected chi connectivity index (χ4v) is 2.41. The maximum Gasteiger partial charge on any atom is 0.411 e. The van der Waals surface area contributed by atoms with Gasteiger partial charge in [0.2, 0.25) is 5.91 Å². The molecule has 2 rings (SSSR count). The quantitative estimate of drug-likeness (QED) is 0.794. The van der Waals surface area contributed by atoms with Crippen molar-refractivity contribution in [2.75, 3.05) is 17.2 Å². The van der Waals surface area contributed by atoms with E-state index in [1.807, 2.05) is 0 Å². The lowest BCUT2D eigenvalue weighted by atomic mass is 9.98. The lowest BCUT2D eigenvalue weighted by Gasteiger charge is -2.22. The van der Waals surface area contributed by atoms with Gasteiger partial charge in [0.1, 0.15) is 0 Å². The number of nitrogens with two attached hydrogens (primary N) is 1. The average molecular weight is 291 g/mol. The minimum atomic E-state index is -0.748. The number of ether oxygens (including phenoxy) is 1. The molecule has 2 amide bonds. The molecule has 0 radical (unpaired) electrons. The summed E-state index contributed by atoms with van der Waals surface area (Å²) in [6, 6.07) is 6.84. The first-order chi connectivity index (χ1) is 10.0. The Morgan fingerprint density at radius 2 is 1.67 bits per heavy atom. The van der Waals surface area contributed by atoms with E-state index in [1.54, 1.807) is 31.2 Å². The molecule has 0 saturated heterocycles. The van der Waals surface area contributed by atoms with E-state index < -0.39 is 11.6 Å². The molecule has 0 atom stereocenters.